The number of nitrogens with one attached hydrogen (secondary N) is 1. The number of aliphatic hydroxyl groups excluding tert-OH is 1. The van der Waals surface area contributed by atoms with Crippen LogP contribution in [0.5, 0.6) is 0 Å². The molecule has 0 bridgehead atoms. The fourth-order valence-corrected chi connectivity index (χ4v) is 3.99. The van der Waals surface area contributed by atoms with Crippen molar-refractivity contribution in [3.63, 3.8) is 0 Å². The van der Waals surface area contributed by atoms with E-state index in [-0.39, 0.29) is 18.9 Å². The van der Waals surface area contributed by atoms with E-state index in [0.29, 0.717) is 12.3 Å². The third kappa shape index (κ3) is 8.51. The third-order valence-corrected chi connectivity index (χ3v) is 5.54. The van der Waals surface area contributed by atoms with Gasteiger partial charge in [-0.2, -0.15) is 0 Å². The molecular formula is C23H40N2O6. The second kappa shape index (κ2) is 12.1. The van der Waals surface area contributed by atoms with E-state index in [4.69, 9.17) is 9.47 Å². The zero-order chi connectivity index (χ0) is 23.8. The number of carbonyl (C=O) groups is 3. The van der Waals surface area contributed by atoms with Crippen molar-refractivity contribution in [2.75, 3.05) is 13.7 Å². The lowest BCUT2D eigenvalue weighted by molar-refractivity contribution is -0.152. The Labute approximate surface area is 186 Å². The van der Waals surface area contributed by atoms with Gasteiger partial charge < -0.3 is 24.8 Å². The van der Waals surface area contributed by atoms with Gasteiger partial charge in [-0.3, -0.25) is 4.79 Å². The van der Waals surface area contributed by atoms with Crippen molar-refractivity contribution in [3.8, 4) is 0 Å². The number of esters is 1. The van der Waals surface area contributed by atoms with Crippen molar-refractivity contribution in [3.05, 3.63) is 12.7 Å². The van der Waals surface area contributed by atoms with Crippen molar-refractivity contribution in [1.82, 2.24) is 10.2 Å². The first-order chi connectivity index (χ1) is 14.4. The average molecular weight is 441 g/mol. The van der Waals surface area contributed by atoms with E-state index in [1.54, 1.807) is 20.8 Å². The summed E-state index contributed by atoms with van der Waals surface area (Å²) in [4.78, 5) is 39.6. The van der Waals surface area contributed by atoms with Crippen molar-refractivity contribution in [1.29, 1.82) is 0 Å². The number of likely N-dealkylation sites (tertiary alicyclic amines) is 1. The van der Waals surface area contributed by atoms with Gasteiger partial charge in [0.1, 0.15) is 17.7 Å². The van der Waals surface area contributed by atoms with E-state index in [9.17, 15) is 19.5 Å². The maximum atomic E-state index is 13.5. The predicted octanol–water partition coefficient (Wildman–Crippen LogP) is 3.03. The molecule has 1 heterocycles. The van der Waals surface area contributed by atoms with Gasteiger partial charge >= 0.3 is 12.1 Å². The van der Waals surface area contributed by atoms with Gasteiger partial charge in [-0.25, -0.2) is 9.59 Å². The minimum atomic E-state index is -0.872. The Bertz CT molecular complexity index is 630. The molecule has 1 rings (SSSR count). The van der Waals surface area contributed by atoms with Crippen LogP contribution in [-0.4, -0.2) is 65.4 Å². The Balaban J connectivity index is 3.14. The molecule has 0 saturated carbocycles. The van der Waals surface area contributed by atoms with Crippen LogP contribution in [0.25, 0.3) is 0 Å². The van der Waals surface area contributed by atoms with Gasteiger partial charge in [0.05, 0.1) is 13.2 Å². The first-order valence-electron chi connectivity index (χ1n) is 11.1. The minimum Gasteiger partial charge on any atom is -0.467 e. The SMILES string of the molecule is C=CCC[C@@H](C)C[C@@H](CC)[C@H](NC(=O)OC(C)(C)C)C(=O)N1C[C@H](O)C[C@H]1C(=O)OC. The molecular weight excluding hydrogens is 400 g/mol. The zero-order valence-corrected chi connectivity index (χ0v) is 19.8. The molecule has 5 atom stereocenters. The standard InChI is InChI=1S/C23H40N2O6/c1-8-10-11-15(3)12-16(9-2)19(24-22(29)31-23(4,5)6)20(27)25-14-17(26)13-18(25)21(28)30-7/h8,15-19,26H,1,9-14H2,2-7H3,(H,24,29)/t15-,16-,17-,18+,19+/m1/s1. The smallest absolute Gasteiger partial charge is 0.408 e. The van der Waals surface area contributed by atoms with Crippen molar-refractivity contribution in [2.45, 2.75) is 90.5 Å². The molecule has 1 aliphatic rings. The van der Waals surface area contributed by atoms with Gasteiger partial charge in [0.25, 0.3) is 0 Å². The van der Waals surface area contributed by atoms with Crippen LogP contribution in [0.4, 0.5) is 4.79 Å². The van der Waals surface area contributed by atoms with E-state index in [2.05, 4.69) is 18.8 Å². The summed E-state index contributed by atoms with van der Waals surface area (Å²) in [7, 11) is 1.25. The van der Waals surface area contributed by atoms with E-state index in [0.717, 1.165) is 19.3 Å². The summed E-state index contributed by atoms with van der Waals surface area (Å²) in [6.45, 7) is 13.1. The lowest BCUT2D eigenvalue weighted by Crippen LogP contribution is -2.55. The van der Waals surface area contributed by atoms with Crippen LogP contribution in [0.1, 0.15) is 66.7 Å². The van der Waals surface area contributed by atoms with E-state index >= 15 is 0 Å². The van der Waals surface area contributed by atoms with Gasteiger partial charge in [-0.1, -0.05) is 26.3 Å². The first kappa shape index (κ1) is 26.9. The van der Waals surface area contributed by atoms with Crippen molar-refractivity contribution >= 4 is 18.0 Å². The highest BCUT2D eigenvalue weighted by molar-refractivity contribution is 5.90. The molecule has 0 spiro atoms. The van der Waals surface area contributed by atoms with Gasteiger partial charge in [-0.15, -0.1) is 6.58 Å². The molecule has 31 heavy (non-hydrogen) atoms. The van der Waals surface area contributed by atoms with E-state index in [1.165, 1.54) is 12.0 Å². The highest BCUT2D eigenvalue weighted by Gasteiger charge is 2.44. The van der Waals surface area contributed by atoms with Crippen LogP contribution in [-0.2, 0) is 19.1 Å². The number of hydrogen-bond donors (Lipinski definition) is 2. The molecule has 0 aromatic carbocycles. The Morgan fingerprint density at radius 3 is 2.48 bits per heavy atom. The number of hydrogen-bond acceptors (Lipinski definition) is 6. The first-order valence-corrected chi connectivity index (χ1v) is 11.1. The topological polar surface area (TPSA) is 105 Å². The number of carbonyl (C=O) groups excluding carboxylic acids is 3. The van der Waals surface area contributed by atoms with E-state index in [1.807, 2.05) is 13.0 Å². The molecule has 0 aromatic rings. The maximum Gasteiger partial charge on any atom is 0.408 e. The number of methoxy groups -OCH3 is 1. The van der Waals surface area contributed by atoms with Crippen LogP contribution < -0.4 is 5.32 Å². The van der Waals surface area contributed by atoms with Gasteiger partial charge in [0.2, 0.25) is 5.91 Å². The Morgan fingerprint density at radius 1 is 1.32 bits per heavy atom. The van der Waals surface area contributed by atoms with Crippen LogP contribution in [0, 0.1) is 11.8 Å². The maximum absolute atomic E-state index is 13.5. The Hall–Kier alpha value is -2.09. The summed E-state index contributed by atoms with van der Waals surface area (Å²) in [5.74, 6) is -0.816. The van der Waals surface area contributed by atoms with Crippen LogP contribution in [0.15, 0.2) is 12.7 Å². The second-order valence-electron chi connectivity index (χ2n) is 9.42. The Morgan fingerprint density at radius 2 is 1.97 bits per heavy atom. The molecule has 8 heteroatoms. The molecule has 2 N–H and O–H groups in total. The predicted molar refractivity (Wildman–Crippen MR) is 118 cm³/mol. The summed E-state index contributed by atoms with van der Waals surface area (Å²) >= 11 is 0. The van der Waals surface area contributed by atoms with E-state index < -0.39 is 41.8 Å². The number of ether oxygens (including phenoxy) is 2. The quantitative estimate of drug-likeness (QED) is 0.400. The Kier molecular flexibility index (Phi) is 10.5. The van der Waals surface area contributed by atoms with Crippen LogP contribution in [0.3, 0.4) is 0 Å². The molecule has 8 nitrogen and oxygen atoms in total. The third-order valence-electron chi connectivity index (χ3n) is 5.54. The summed E-state index contributed by atoms with van der Waals surface area (Å²) < 4.78 is 10.2. The van der Waals surface area contributed by atoms with Gasteiger partial charge in [0, 0.05) is 13.0 Å². The molecule has 1 fully saturated rings. The van der Waals surface area contributed by atoms with Crippen LogP contribution in [0.2, 0.25) is 0 Å². The summed E-state index contributed by atoms with van der Waals surface area (Å²) in [6.07, 6.45) is 3.66. The second-order valence-corrected chi connectivity index (χ2v) is 9.42. The fraction of sp³-hybridized carbons (Fsp3) is 0.783. The number of allylic oxidation sites excluding steroid dienone is 1. The number of nitrogens with zero attached hydrogens (tertiary/aromatic N) is 1. The number of β-amino-alcohol motifs (C(OH)–C–C–N with tert-alkyl or cyclic N) is 1. The highest BCUT2D eigenvalue weighted by Crippen LogP contribution is 2.27. The van der Waals surface area contributed by atoms with Crippen molar-refractivity contribution in [2.24, 2.45) is 11.8 Å². The molecule has 1 aliphatic heterocycles. The molecule has 0 unspecified atom stereocenters. The molecule has 0 aromatic heterocycles. The largest absolute Gasteiger partial charge is 0.467 e. The van der Waals surface area contributed by atoms with Crippen molar-refractivity contribution < 1.29 is 29.0 Å². The average Bonchev–Trinajstić information content (AvgIpc) is 3.08. The minimum absolute atomic E-state index is 0.0214. The summed E-state index contributed by atoms with van der Waals surface area (Å²) in [5, 5.41) is 12.8. The van der Waals surface area contributed by atoms with Gasteiger partial charge in [-0.05, 0) is 51.9 Å². The normalized spacial score (nSPS) is 21.7. The number of amides is 2. The number of alkyl carbamates (subject to hydrolysis) is 1. The molecule has 1 saturated heterocycles. The number of rotatable bonds is 10. The summed E-state index contributed by atoms with van der Waals surface area (Å²) in [5.41, 5.74) is -0.713. The monoisotopic (exact) mass is 440 g/mol. The lowest BCUT2D eigenvalue weighted by atomic mass is 9.85. The fourth-order valence-electron chi connectivity index (χ4n) is 3.99. The molecule has 0 aliphatic carbocycles. The zero-order valence-electron chi connectivity index (χ0n) is 19.8. The lowest BCUT2D eigenvalue weighted by Gasteiger charge is -2.33. The highest BCUT2D eigenvalue weighted by atomic mass is 16.6. The van der Waals surface area contributed by atoms with Gasteiger partial charge in [0.15, 0.2) is 0 Å². The molecule has 178 valence electrons. The molecule has 2 amide bonds. The number of aliphatic hydroxyl groups is 1. The molecule has 0 radical (unpaired) electrons. The summed E-state index contributed by atoms with van der Waals surface area (Å²) in [6, 6.07) is -1.74. The van der Waals surface area contributed by atoms with Crippen LogP contribution >= 0.6 is 0 Å².